The molecule has 3 unspecified atom stereocenters. The molecular formula is C17H26N2O2. The summed E-state index contributed by atoms with van der Waals surface area (Å²) < 4.78 is 11.5. The van der Waals surface area contributed by atoms with Gasteiger partial charge in [0.1, 0.15) is 5.75 Å². The summed E-state index contributed by atoms with van der Waals surface area (Å²) in [6.45, 7) is 7.02. The fourth-order valence-corrected chi connectivity index (χ4v) is 3.30. The molecule has 4 nitrogen and oxygen atoms in total. The van der Waals surface area contributed by atoms with Crippen LogP contribution in [0.1, 0.15) is 38.3 Å². The van der Waals surface area contributed by atoms with Gasteiger partial charge in [-0.3, -0.25) is 4.90 Å². The van der Waals surface area contributed by atoms with Gasteiger partial charge in [0.05, 0.1) is 18.3 Å². The maximum Gasteiger partial charge on any atom is 0.119 e. The minimum atomic E-state index is 0.0515. The number of morpholine rings is 1. The van der Waals surface area contributed by atoms with Crippen LogP contribution in [-0.4, -0.2) is 42.8 Å². The number of hydrogen-bond acceptors (Lipinski definition) is 4. The van der Waals surface area contributed by atoms with Crippen LogP contribution in [0.25, 0.3) is 0 Å². The van der Waals surface area contributed by atoms with E-state index in [2.05, 4.69) is 17.0 Å². The Labute approximate surface area is 127 Å². The zero-order chi connectivity index (χ0) is 14.8. The van der Waals surface area contributed by atoms with E-state index in [0.717, 1.165) is 25.4 Å². The van der Waals surface area contributed by atoms with E-state index < -0.39 is 0 Å². The van der Waals surface area contributed by atoms with Crippen LogP contribution in [0.2, 0.25) is 0 Å². The molecule has 1 aromatic rings. The number of ether oxygens (including phenoxy) is 2. The van der Waals surface area contributed by atoms with E-state index in [-0.39, 0.29) is 12.1 Å². The number of nitrogens with two attached hydrogens (primary N) is 1. The summed E-state index contributed by atoms with van der Waals surface area (Å²) in [5.41, 5.74) is 7.54. The topological polar surface area (TPSA) is 47.7 Å². The minimum absolute atomic E-state index is 0.0515. The SMILES string of the molecule is CC(C)Oc1ccc(C(N)CN2CC3CCC(C2)O3)cc1. The number of fused-ring (bicyclic) bond motifs is 2. The van der Waals surface area contributed by atoms with Crippen LogP contribution in [0.3, 0.4) is 0 Å². The minimum Gasteiger partial charge on any atom is -0.491 e. The molecule has 2 N–H and O–H groups in total. The lowest BCUT2D eigenvalue weighted by molar-refractivity contribution is -0.0397. The predicted octanol–water partition coefficient (Wildman–Crippen LogP) is 2.34. The van der Waals surface area contributed by atoms with Gasteiger partial charge in [0, 0.05) is 25.7 Å². The summed E-state index contributed by atoms with van der Waals surface area (Å²) in [5.74, 6) is 0.908. The van der Waals surface area contributed by atoms with E-state index in [4.69, 9.17) is 15.2 Å². The van der Waals surface area contributed by atoms with E-state index >= 15 is 0 Å². The van der Waals surface area contributed by atoms with Crippen molar-refractivity contribution in [1.82, 2.24) is 4.90 Å². The highest BCUT2D eigenvalue weighted by Crippen LogP contribution is 2.27. The Bertz CT molecular complexity index is 448. The van der Waals surface area contributed by atoms with Crippen molar-refractivity contribution >= 4 is 0 Å². The van der Waals surface area contributed by atoms with Crippen LogP contribution < -0.4 is 10.5 Å². The first-order valence-electron chi connectivity index (χ1n) is 8.00. The molecule has 2 fully saturated rings. The molecule has 0 saturated carbocycles. The zero-order valence-corrected chi connectivity index (χ0v) is 13.0. The van der Waals surface area contributed by atoms with E-state index in [1.165, 1.54) is 18.4 Å². The van der Waals surface area contributed by atoms with Crippen molar-refractivity contribution in [3.05, 3.63) is 29.8 Å². The number of hydrogen-bond donors (Lipinski definition) is 1. The van der Waals surface area contributed by atoms with E-state index in [9.17, 15) is 0 Å². The maximum absolute atomic E-state index is 6.37. The maximum atomic E-state index is 6.37. The number of rotatable bonds is 5. The van der Waals surface area contributed by atoms with Crippen molar-refractivity contribution < 1.29 is 9.47 Å². The second kappa shape index (κ2) is 6.34. The largest absolute Gasteiger partial charge is 0.491 e. The van der Waals surface area contributed by atoms with Crippen LogP contribution in [0, 0.1) is 0 Å². The Morgan fingerprint density at radius 2 is 1.81 bits per heavy atom. The third-order valence-electron chi connectivity index (χ3n) is 4.25. The monoisotopic (exact) mass is 290 g/mol. The van der Waals surface area contributed by atoms with Gasteiger partial charge in [0.2, 0.25) is 0 Å². The van der Waals surface area contributed by atoms with Crippen molar-refractivity contribution in [2.75, 3.05) is 19.6 Å². The molecule has 3 rings (SSSR count). The van der Waals surface area contributed by atoms with Gasteiger partial charge in [-0.25, -0.2) is 0 Å². The van der Waals surface area contributed by atoms with Crippen molar-refractivity contribution in [2.24, 2.45) is 5.73 Å². The lowest BCUT2D eigenvalue weighted by Gasteiger charge is -2.33. The van der Waals surface area contributed by atoms with E-state index in [0.29, 0.717) is 12.2 Å². The van der Waals surface area contributed by atoms with Gasteiger partial charge in [-0.05, 0) is 44.4 Å². The fraction of sp³-hybridized carbons (Fsp3) is 0.647. The smallest absolute Gasteiger partial charge is 0.119 e. The Balaban J connectivity index is 1.56. The highest BCUT2D eigenvalue weighted by Gasteiger charge is 2.34. The lowest BCUT2D eigenvalue weighted by Crippen LogP contribution is -2.45. The molecule has 3 atom stereocenters. The molecule has 0 spiro atoms. The Morgan fingerprint density at radius 1 is 1.19 bits per heavy atom. The Kier molecular flexibility index (Phi) is 4.48. The second-order valence-electron chi connectivity index (χ2n) is 6.52. The molecule has 21 heavy (non-hydrogen) atoms. The molecule has 1 aromatic carbocycles. The number of nitrogens with zero attached hydrogens (tertiary/aromatic N) is 1. The van der Waals surface area contributed by atoms with Gasteiger partial charge in [-0.15, -0.1) is 0 Å². The lowest BCUT2D eigenvalue weighted by atomic mass is 10.1. The summed E-state index contributed by atoms with van der Waals surface area (Å²) in [7, 11) is 0. The standard InChI is InChI=1S/C17H26N2O2/c1-12(2)20-14-5-3-13(4-6-14)17(18)11-19-9-15-7-8-16(10-19)21-15/h3-6,12,15-17H,7-11,18H2,1-2H3. The summed E-state index contributed by atoms with van der Waals surface area (Å²) in [6.07, 6.45) is 3.47. The fourth-order valence-electron chi connectivity index (χ4n) is 3.30. The highest BCUT2D eigenvalue weighted by atomic mass is 16.5. The van der Waals surface area contributed by atoms with Crippen LogP contribution in [0.5, 0.6) is 5.75 Å². The van der Waals surface area contributed by atoms with Crippen molar-refractivity contribution in [2.45, 2.75) is 51.0 Å². The normalized spacial score (nSPS) is 27.0. The van der Waals surface area contributed by atoms with E-state index in [1.54, 1.807) is 0 Å². The van der Waals surface area contributed by atoms with Crippen LogP contribution >= 0.6 is 0 Å². The first kappa shape index (κ1) is 14.8. The van der Waals surface area contributed by atoms with Crippen molar-refractivity contribution in [3.63, 3.8) is 0 Å². The first-order chi connectivity index (χ1) is 10.1. The van der Waals surface area contributed by atoms with Gasteiger partial charge in [0.25, 0.3) is 0 Å². The molecule has 0 aliphatic carbocycles. The third kappa shape index (κ3) is 3.76. The zero-order valence-electron chi connectivity index (χ0n) is 13.0. The molecule has 2 heterocycles. The van der Waals surface area contributed by atoms with Crippen LogP contribution in [0.15, 0.2) is 24.3 Å². The van der Waals surface area contributed by atoms with Gasteiger partial charge in [-0.2, -0.15) is 0 Å². The Morgan fingerprint density at radius 3 is 2.38 bits per heavy atom. The molecule has 4 heteroatoms. The molecule has 2 bridgehead atoms. The van der Waals surface area contributed by atoms with Crippen LogP contribution in [0.4, 0.5) is 0 Å². The summed E-state index contributed by atoms with van der Waals surface area (Å²) in [6, 6.07) is 8.24. The summed E-state index contributed by atoms with van der Waals surface area (Å²) >= 11 is 0. The molecule has 0 amide bonds. The van der Waals surface area contributed by atoms with E-state index in [1.807, 2.05) is 26.0 Å². The van der Waals surface area contributed by atoms with Gasteiger partial charge >= 0.3 is 0 Å². The first-order valence-corrected chi connectivity index (χ1v) is 8.00. The molecule has 0 radical (unpaired) electrons. The van der Waals surface area contributed by atoms with Gasteiger partial charge in [0.15, 0.2) is 0 Å². The van der Waals surface area contributed by atoms with Gasteiger partial charge in [-0.1, -0.05) is 12.1 Å². The average molecular weight is 290 g/mol. The molecule has 2 aliphatic rings. The molecule has 0 aromatic heterocycles. The van der Waals surface area contributed by atoms with Crippen molar-refractivity contribution in [1.29, 1.82) is 0 Å². The average Bonchev–Trinajstić information content (AvgIpc) is 2.78. The van der Waals surface area contributed by atoms with Crippen LogP contribution in [-0.2, 0) is 4.74 Å². The predicted molar refractivity (Wildman–Crippen MR) is 83.5 cm³/mol. The molecule has 2 aliphatic heterocycles. The Hall–Kier alpha value is -1.10. The summed E-state index contributed by atoms with van der Waals surface area (Å²) in [4.78, 5) is 2.45. The quantitative estimate of drug-likeness (QED) is 0.904. The van der Waals surface area contributed by atoms with Crippen molar-refractivity contribution in [3.8, 4) is 5.75 Å². The molecular weight excluding hydrogens is 264 g/mol. The molecule has 2 saturated heterocycles. The summed E-state index contributed by atoms with van der Waals surface area (Å²) in [5, 5.41) is 0. The number of likely N-dealkylation sites (tertiary alicyclic amines) is 1. The molecule has 116 valence electrons. The number of benzene rings is 1. The third-order valence-corrected chi connectivity index (χ3v) is 4.25. The van der Waals surface area contributed by atoms with Gasteiger partial charge < -0.3 is 15.2 Å². The second-order valence-corrected chi connectivity index (χ2v) is 6.52. The highest BCUT2D eigenvalue weighted by molar-refractivity contribution is 5.29.